The minimum Gasteiger partial charge on any atom is -0.307 e. The molecule has 0 aromatic rings. The normalized spacial score (nSPS) is 13.1. The van der Waals surface area contributed by atoms with Gasteiger partial charge in [0.25, 0.3) is 0 Å². The molecule has 0 spiro atoms. The van der Waals surface area contributed by atoms with Gasteiger partial charge in [-0.15, -0.1) is 0 Å². The van der Waals surface area contributed by atoms with Crippen LogP contribution in [0, 0.1) is 0 Å². The van der Waals surface area contributed by atoms with Gasteiger partial charge in [0.15, 0.2) is 0 Å². The van der Waals surface area contributed by atoms with Crippen LogP contribution in [0.25, 0.3) is 0 Å². The third-order valence-electron chi connectivity index (χ3n) is 2.13. The predicted octanol–water partition coefficient (Wildman–Crippen LogP) is 4.02. The van der Waals surface area contributed by atoms with E-state index >= 15 is 0 Å². The van der Waals surface area contributed by atoms with E-state index in [1.54, 1.807) is 13.3 Å². The molecule has 0 amide bonds. The number of hydrogen-bond donors (Lipinski definition) is 1. The Kier molecular flexibility index (Phi) is 7.32. The van der Waals surface area contributed by atoms with Crippen molar-refractivity contribution in [3.8, 4) is 0 Å². The van der Waals surface area contributed by atoms with E-state index in [1.807, 2.05) is 0 Å². The van der Waals surface area contributed by atoms with Gasteiger partial charge in [-0.25, -0.2) is 0 Å². The lowest BCUT2D eigenvalue weighted by Crippen LogP contribution is -2.10. The SMILES string of the molecule is CP(C)(=O)NCCCCCCCC(F)(F)F. The van der Waals surface area contributed by atoms with Gasteiger partial charge in [-0.1, -0.05) is 19.3 Å². The van der Waals surface area contributed by atoms with Gasteiger partial charge in [0.2, 0.25) is 0 Å². The van der Waals surface area contributed by atoms with Crippen LogP contribution in [0.1, 0.15) is 38.5 Å². The summed E-state index contributed by atoms with van der Waals surface area (Å²) in [6.45, 7) is 4.01. The Morgan fingerprint density at radius 1 is 1.00 bits per heavy atom. The van der Waals surface area contributed by atoms with E-state index in [0.717, 1.165) is 19.3 Å². The summed E-state index contributed by atoms with van der Waals surface area (Å²) < 4.78 is 46.6. The highest BCUT2D eigenvalue weighted by Gasteiger charge is 2.25. The third kappa shape index (κ3) is 14.0. The molecule has 0 aliphatic rings. The lowest BCUT2D eigenvalue weighted by Gasteiger charge is -2.09. The maximum atomic E-state index is 11.8. The van der Waals surface area contributed by atoms with Crippen molar-refractivity contribution in [2.75, 3.05) is 19.9 Å². The summed E-state index contributed by atoms with van der Waals surface area (Å²) in [5.41, 5.74) is 0. The molecule has 0 saturated carbocycles. The summed E-state index contributed by atoms with van der Waals surface area (Å²) in [5, 5.41) is 2.91. The average molecular weight is 259 g/mol. The van der Waals surface area contributed by atoms with Crippen molar-refractivity contribution >= 4 is 7.29 Å². The van der Waals surface area contributed by atoms with Crippen molar-refractivity contribution < 1.29 is 17.7 Å². The fraction of sp³-hybridized carbons (Fsp3) is 1.00. The highest BCUT2D eigenvalue weighted by molar-refractivity contribution is 7.60. The number of unbranched alkanes of at least 4 members (excludes halogenated alkanes) is 4. The van der Waals surface area contributed by atoms with E-state index in [2.05, 4.69) is 5.09 Å². The molecule has 0 radical (unpaired) electrons. The first-order valence-corrected chi connectivity index (χ1v) is 8.18. The maximum Gasteiger partial charge on any atom is 0.389 e. The van der Waals surface area contributed by atoms with Crippen LogP contribution in [0.2, 0.25) is 0 Å². The van der Waals surface area contributed by atoms with E-state index in [-0.39, 0.29) is 6.42 Å². The van der Waals surface area contributed by atoms with E-state index in [4.69, 9.17) is 0 Å². The first kappa shape index (κ1) is 16.0. The molecule has 0 bridgehead atoms. The monoisotopic (exact) mass is 259 g/mol. The highest BCUT2D eigenvalue weighted by atomic mass is 31.2. The number of hydrogen-bond acceptors (Lipinski definition) is 1. The van der Waals surface area contributed by atoms with Gasteiger partial charge >= 0.3 is 6.18 Å². The van der Waals surface area contributed by atoms with Crippen LogP contribution in [0.5, 0.6) is 0 Å². The molecule has 0 rings (SSSR count). The Morgan fingerprint density at radius 2 is 1.50 bits per heavy atom. The Morgan fingerprint density at radius 3 is 2.00 bits per heavy atom. The van der Waals surface area contributed by atoms with Gasteiger partial charge in [-0.3, -0.25) is 5.09 Å². The summed E-state index contributed by atoms with van der Waals surface area (Å²) in [7, 11) is -2.15. The van der Waals surface area contributed by atoms with Gasteiger partial charge in [-0.05, 0) is 12.8 Å². The zero-order chi connectivity index (χ0) is 12.7. The molecule has 98 valence electrons. The molecule has 0 aliphatic carbocycles. The zero-order valence-electron chi connectivity index (χ0n) is 9.94. The molecule has 0 fully saturated rings. The van der Waals surface area contributed by atoms with Gasteiger partial charge < -0.3 is 4.57 Å². The second-order valence-electron chi connectivity index (χ2n) is 4.39. The average Bonchev–Trinajstić information content (AvgIpc) is 2.06. The zero-order valence-corrected chi connectivity index (χ0v) is 10.8. The number of nitrogens with one attached hydrogen (secondary N) is 1. The number of halogens is 3. The molecule has 0 atom stereocenters. The van der Waals surface area contributed by atoms with Crippen LogP contribution in [0.3, 0.4) is 0 Å². The van der Waals surface area contributed by atoms with Crippen molar-refractivity contribution in [3.05, 3.63) is 0 Å². The lowest BCUT2D eigenvalue weighted by molar-refractivity contribution is -0.135. The Bertz CT molecular complexity index is 225. The van der Waals surface area contributed by atoms with Crippen LogP contribution in [0.4, 0.5) is 13.2 Å². The highest BCUT2D eigenvalue weighted by Crippen LogP contribution is 2.29. The second-order valence-corrected chi connectivity index (χ2v) is 7.41. The second kappa shape index (κ2) is 7.33. The molecule has 2 nitrogen and oxygen atoms in total. The van der Waals surface area contributed by atoms with Crippen molar-refractivity contribution in [2.24, 2.45) is 0 Å². The van der Waals surface area contributed by atoms with E-state index in [0.29, 0.717) is 13.0 Å². The first-order valence-electron chi connectivity index (χ1n) is 5.57. The Hall–Kier alpha value is -0.0200. The molecule has 0 heterocycles. The fourth-order valence-electron chi connectivity index (χ4n) is 1.33. The van der Waals surface area contributed by atoms with Crippen molar-refractivity contribution in [1.82, 2.24) is 5.09 Å². The summed E-state index contributed by atoms with van der Waals surface area (Å²) in [5.74, 6) is 0. The van der Waals surface area contributed by atoms with Crippen molar-refractivity contribution in [2.45, 2.75) is 44.7 Å². The number of rotatable bonds is 8. The van der Waals surface area contributed by atoms with Crippen molar-refractivity contribution in [1.29, 1.82) is 0 Å². The summed E-state index contributed by atoms with van der Waals surface area (Å²) >= 11 is 0. The molecule has 0 aliphatic heterocycles. The largest absolute Gasteiger partial charge is 0.389 e. The number of alkyl halides is 3. The minimum absolute atomic E-state index is 0.219. The van der Waals surface area contributed by atoms with Crippen LogP contribution < -0.4 is 5.09 Å². The van der Waals surface area contributed by atoms with Gasteiger partial charge in [0, 0.05) is 26.3 Å². The third-order valence-corrected chi connectivity index (χ3v) is 3.11. The molecule has 0 saturated heterocycles. The molecule has 16 heavy (non-hydrogen) atoms. The summed E-state index contributed by atoms with van der Waals surface area (Å²) in [6.07, 6.45) is -1.27. The molecule has 0 unspecified atom stereocenters. The quantitative estimate of drug-likeness (QED) is 0.527. The molecule has 6 heteroatoms. The fourth-order valence-corrected chi connectivity index (χ4v) is 2.03. The summed E-state index contributed by atoms with van der Waals surface area (Å²) in [6, 6.07) is 0. The predicted molar refractivity (Wildman–Crippen MR) is 61.2 cm³/mol. The Balaban J connectivity index is 3.20. The minimum atomic E-state index is -4.02. The first-order chi connectivity index (χ1) is 7.21. The van der Waals surface area contributed by atoms with E-state index < -0.39 is 19.9 Å². The standard InChI is InChI=1S/C10H21F3NOP/c1-16(2,15)14-9-7-5-3-4-6-8-10(11,12)13/h3-9H2,1-2H3,(H,14,15). The summed E-state index contributed by atoms with van der Waals surface area (Å²) in [4.78, 5) is 0. The maximum absolute atomic E-state index is 11.8. The molecular weight excluding hydrogens is 238 g/mol. The lowest BCUT2D eigenvalue weighted by atomic mass is 10.1. The van der Waals surface area contributed by atoms with Gasteiger partial charge in [-0.2, -0.15) is 13.2 Å². The van der Waals surface area contributed by atoms with Crippen LogP contribution in [0.15, 0.2) is 0 Å². The molecule has 0 aromatic carbocycles. The van der Waals surface area contributed by atoms with Crippen LogP contribution in [-0.4, -0.2) is 26.1 Å². The van der Waals surface area contributed by atoms with Crippen LogP contribution >= 0.6 is 7.29 Å². The Labute approximate surface area is 95.4 Å². The van der Waals surface area contributed by atoms with E-state index in [1.165, 1.54) is 0 Å². The smallest absolute Gasteiger partial charge is 0.307 e. The van der Waals surface area contributed by atoms with Gasteiger partial charge in [0.1, 0.15) is 7.29 Å². The molecule has 1 N–H and O–H groups in total. The topological polar surface area (TPSA) is 29.1 Å². The van der Waals surface area contributed by atoms with Crippen molar-refractivity contribution in [3.63, 3.8) is 0 Å². The molecular formula is C10H21F3NOP. The van der Waals surface area contributed by atoms with E-state index in [9.17, 15) is 17.7 Å². The van der Waals surface area contributed by atoms with Crippen LogP contribution in [-0.2, 0) is 4.57 Å². The molecule has 0 aromatic heterocycles. The van der Waals surface area contributed by atoms with Gasteiger partial charge in [0.05, 0.1) is 0 Å².